The minimum Gasteiger partial charge on any atom is -0.456 e. The maximum Gasteiger partial charge on any atom is 0.306 e. The number of hydrogen-bond acceptors (Lipinski definition) is 6. The van der Waals surface area contributed by atoms with Crippen molar-refractivity contribution in [2.24, 2.45) is 0 Å². The number of ketones is 1. The van der Waals surface area contributed by atoms with Crippen molar-refractivity contribution in [1.82, 2.24) is 4.31 Å². The molecule has 1 aromatic rings. The van der Waals surface area contributed by atoms with Crippen molar-refractivity contribution in [1.29, 1.82) is 0 Å². The second kappa shape index (κ2) is 10.4. The van der Waals surface area contributed by atoms with Gasteiger partial charge in [-0.2, -0.15) is 4.31 Å². The number of esters is 1. The van der Waals surface area contributed by atoms with E-state index in [9.17, 15) is 22.8 Å². The van der Waals surface area contributed by atoms with Crippen LogP contribution in [0.5, 0.6) is 0 Å². The lowest BCUT2D eigenvalue weighted by molar-refractivity contribution is -0.148. The first-order chi connectivity index (χ1) is 12.6. The van der Waals surface area contributed by atoms with Crippen molar-refractivity contribution >= 4 is 45.0 Å². The molecule has 1 aromatic carbocycles. The smallest absolute Gasteiger partial charge is 0.306 e. The second-order valence-electron chi connectivity index (χ2n) is 5.65. The normalized spacial score (nSPS) is 11.3. The number of nitrogens with zero attached hydrogens (tertiary/aromatic N) is 1. The minimum atomic E-state index is -3.80. The summed E-state index contributed by atoms with van der Waals surface area (Å²) < 4.78 is 31.3. The van der Waals surface area contributed by atoms with Gasteiger partial charge in [0.05, 0.1) is 11.4 Å². The minimum absolute atomic E-state index is 0.0376. The van der Waals surface area contributed by atoms with Crippen molar-refractivity contribution in [2.75, 3.05) is 25.0 Å². The first-order valence-corrected chi connectivity index (χ1v) is 10.2. The molecule has 10 heteroatoms. The van der Waals surface area contributed by atoms with Crippen LogP contribution in [-0.2, 0) is 29.1 Å². The van der Waals surface area contributed by atoms with E-state index >= 15 is 0 Å². The molecule has 27 heavy (non-hydrogen) atoms. The maximum atomic E-state index is 12.6. The van der Waals surface area contributed by atoms with Gasteiger partial charge in [-0.05, 0) is 25.1 Å². The first kappa shape index (κ1) is 23.1. The fourth-order valence-electron chi connectivity index (χ4n) is 2.17. The zero-order chi connectivity index (χ0) is 20.6. The van der Waals surface area contributed by atoms with Gasteiger partial charge >= 0.3 is 5.97 Å². The van der Waals surface area contributed by atoms with Crippen LogP contribution in [0.3, 0.4) is 0 Å². The molecule has 0 aliphatic heterocycles. The molecule has 150 valence electrons. The molecule has 0 saturated carbocycles. The molecule has 1 N–H and O–H groups in total. The van der Waals surface area contributed by atoms with Gasteiger partial charge in [-0.3, -0.25) is 9.59 Å². The average Bonchev–Trinajstić information content (AvgIpc) is 2.60. The van der Waals surface area contributed by atoms with Gasteiger partial charge in [0.25, 0.3) is 5.91 Å². The molecule has 0 saturated heterocycles. The number of anilines is 1. The van der Waals surface area contributed by atoms with Crippen molar-refractivity contribution in [2.45, 2.75) is 38.5 Å². The lowest BCUT2D eigenvalue weighted by Crippen LogP contribution is -2.31. The van der Waals surface area contributed by atoms with Crippen molar-refractivity contribution in [3.05, 3.63) is 23.2 Å². The van der Waals surface area contributed by atoms with Crippen LogP contribution < -0.4 is 5.32 Å². The standard InChI is InChI=1S/C17H23ClN2O6S/c1-4-20(5-2)27(24,25)15-10-13(7-8-14(15)18)19-16(22)11-26-17(23)9-6-12(3)21/h7-8,10H,4-6,9,11H2,1-3H3,(H,19,22). The third-order valence-corrected chi connectivity index (χ3v) is 6.12. The predicted octanol–water partition coefficient (Wildman–Crippen LogP) is 2.22. The summed E-state index contributed by atoms with van der Waals surface area (Å²) >= 11 is 6.02. The molecule has 0 radical (unpaired) electrons. The molecule has 0 bridgehead atoms. The number of nitrogens with one attached hydrogen (secondary N) is 1. The molecule has 0 aliphatic carbocycles. The summed E-state index contributed by atoms with van der Waals surface area (Å²) in [5.41, 5.74) is 0.204. The van der Waals surface area contributed by atoms with E-state index in [1.165, 1.54) is 29.4 Å². The molecular weight excluding hydrogens is 396 g/mol. The van der Waals surface area contributed by atoms with Crippen LogP contribution in [0.25, 0.3) is 0 Å². The number of Topliss-reactive ketones (excluding diaryl/α,β-unsaturated/α-hetero) is 1. The molecule has 1 rings (SSSR count). The Morgan fingerprint density at radius 2 is 1.78 bits per heavy atom. The molecule has 0 atom stereocenters. The SMILES string of the molecule is CCN(CC)S(=O)(=O)c1cc(NC(=O)COC(=O)CCC(C)=O)ccc1Cl. The van der Waals surface area contributed by atoms with Gasteiger partial charge < -0.3 is 14.8 Å². The number of carbonyl (C=O) groups is 3. The lowest BCUT2D eigenvalue weighted by atomic mass is 10.2. The van der Waals surface area contributed by atoms with E-state index in [1.807, 2.05) is 0 Å². The Morgan fingerprint density at radius 3 is 2.33 bits per heavy atom. The van der Waals surface area contributed by atoms with E-state index in [0.717, 1.165) is 0 Å². The average molecular weight is 419 g/mol. The quantitative estimate of drug-likeness (QED) is 0.583. The zero-order valence-electron chi connectivity index (χ0n) is 15.5. The van der Waals surface area contributed by atoms with Crippen LogP contribution in [0.2, 0.25) is 5.02 Å². The molecule has 0 aliphatic rings. The number of amides is 1. The topological polar surface area (TPSA) is 110 Å². The molecule has 8 nitrogen and oxygen atoms in total. The molecule has 1 amide bonds. The fourth-order valence-corrected chi connectivity index (χ4v) is 4.13. The van der Waals surface area contributed by atoms with Crippen LogP contribution >= 0.6 is 11.6 Å². The lowest BCUT2D eigenvalue weighted by Gasteiger charge is -2.19. The van der Waals surface area contributed by atoms with Crippen molar-refractivity contribution < 1.29 is 27.5 Å². The maximum absolute atomic E-state index is 12.6. The van der Waals surface area contributed by atoms with E-state index < -0.39 is 28.5 Å². The monoisotopic (exact) mass is 418 g/mol. The predicted molar refractivity (Wildman–Crippen MR) is 101 cm³/mol. The highest BCUT2D eigenvalue weighted by Gasteiger charge is 2.25. The van der Waals surface area contributed by atoms with Gasteiger partial charge in [-0.15, -0.1) is 0 Å². The van der Waals surface area contributed by atoms with E-state index in [4.69, 9.17) is 16.3 Å². The summed E-state index contributed by atoms with van der Waals surface area (Å²) in [6, 6.07) is 4.07. The van der Waals surface area contributed by atoms with Gasteiger partial charge in [0.15, 0.2) is 6.61 Å². The summed E-state index contributed by atoms with van der Waals surface area (Å²) in [6.45, 7) is 4.79. The van der Waals surface area contributed by atoms with Gasteiger partial charge in [-0.25, -0.2) is 8.42 Å². The van der Waals surface area contributed by atoms with E-state index in [0.29, 0.717) is 0 Å². The highest BCUT2D eigenvalue weighted by Crippen LogP contribution is 2.27. The molecule has 0 spiro atoms. The summed E-state index contributed by atoms with van der Waals surface area (Å²) in [4.78, 5) is 34.0. The largest absolute Gasteiger partial charge is 0.456 e. The van der Waals surface area contributed by atoms with Gasteiger partial charge in [0, 0.05) is 25.2 Å². The molecule has 0 heterocycles. The molecule has 0 unspecified atom stereocenters. The van der Waals surface area contributed by atoms with Crippen LogP contribution in [0.15, 0.2) is 23.1 Å². The fraction of sp³-hybridized carbons (Fsp3) is 0.471. The zero-order valence-corrected chi connectivity index (χ0v) is 17.0. The summed E-state index contributed by atoms with van der Waals surface area (Å²) in [7, 11) is -3.80. The molecular formula is C17H23ClN2O6S. The Bertz CT molecular complexity index is 806. The number of ether oxygens (including phenoxy) is 1. The number of hydrogen-bond donors (Lipinski definition) is 1. The van der Waals surface area contributed by atoms with Crippen molar-refractivity contribution in [3.63, 3.8) is 0 Å². The number of sulfonamides is 1. The Labute approximate surface area is 163 Å². The summed E-state index contributed by atoms with van der Waals surface area (Å²) in [6.07, 6.45) is -0.0555. The highest BCUT2D eigenvalue weighted by molar-refractivity contribution is 7.89. The first-order valence-electron chi connectivity index (χ1n) is 8.36. The number of benzene rings is 1. The Kier molecular flexibility index (Phi) is 8.87. The number of halogens is 1. The van der Waals surface area contributed by atoms with Crippen LogP contribution in [-0.4, -0.2) is 50.1 Å². The Morgan fingerprint density at radius 1 is 1.15 bits per heavy atom. The van der Waals surface area contributed by atoms with Crippen molar-refractivity contribution in [3.8, 4) is 0 Å². The van der Waals surface area contributed by atoms with E-state index in [-0.39, 0.29) is 47.3 Å². The Hall–Kier alpha value is -1.97. The molecule has 0 aromatic heterocycles. The van der Waals surface area contributed by atoms with Gasteiger partial charge in [-0.1, -0.05) is 25.4 Å². The van der Waals surface area contributed by atoms with Gasteiger partial charge in [0.1, 0.15) is 10.7 Å². The van der Waals surface area contributed by atoms with E-state index in [1.54, 1.807) is 13.8 Å². The van der Waals surface area contributed by atoms with Crippen LogP contribution in [0.4, 0.5) is 5.69 Å². The van der Waals surface area contributed by atoms with Gasteiger partial charge in [0.2, 0.25) is 10.0 Å². The van der Waals surface area contributed by atoms with E-state index in [2.05, 4.69) is 5.32 Å². The van der Waals surface area contributed by atoms with Crippen LogP contribution in [0.1, 0.15) is 33.6 Å². The third-order valence-electron chi connectivity index (χ3n) is 3.58. The third kappa shape index (κ3) is 6.93. The molecule has 0 fully saturated rings. The summed E-state index contributed by atoms with van der Waals surface area (Å²) in [5.74, 6) is -1.46. The summed E-state index contributed by atoms with van der Waals surface area (Å²) in [5, 5.41) is 2.49. The number of rotatable bonds is 10. The second-order valence-corrected chi connectivity index (χ2v) is 7.96. The Balaban J connectivity index is 2.81. The number of carbonyl (C=O) groups excluding carboxylic acids is 3. The highest BCUT2D eigenvalue weighted by atomic mass is 35.5. The van der Waals surface area contributed by atoms with Crippen LogP contribution in [0, 0.1) is 0 Å².